The van der Waals surface area contributed by atoms with Crippen LogP contribution in [0.3, 0.4) is 0 Å². The third-order valence-electron chi connectivity index (χ3n) is 3.95. The molecule has 1 fully saturated rings. The summed E-state index contributed by atoms with van der Waals surface area (Å²) >= 11 is 5.26. The van der Waals surface area contributed by atoms with Crippen molar-refractivity contribution in [2.45, 2.75) is 25.4 Å². The number of hydrogen-bond donors (Lipinski definition) is 1. The molecule has 2 aromatic rings. The third-order valence-corrected chi connectivity index (χ3v) is 5.63. The zero-order chi connectivity index (χ0) is 14.8. The van der Waals surface area contributed by atoms with Crippen molar-refractivity contribution in [1.82, 2.24) is 9.47 Å². The molecule has 0 amide bonds. The van der Waals surface area contributed by atoms with Gasteiger partial charge in [0.1, 0.15) is 5.69 Å². The molecule has 3 rings (SSSR count). The molecule has 0 aromatic carbocycles. The molecular formula is C15H17BrN2O2S. The first kappa shape index (κ1) is 14.8. The minimum Gasteiger partial charge on any atom is -0.477 e. The van der Waals surface area contributed by atoms with E-state index >= 15 is 0 Å². The first-order valence-electron chi connectivity index (χ1n) is 6.99. The van der Waals surface area contributed by atoms with Gasteiger partial charge >= 0.3 is 5.97 Å². The lowest BCUT2D eigenvalue weighted by molar-refractivity contribution is 0.0678. The molecule has 0 aliphatic carbocycles. The Morgan fingerprint density at radius 1 is 1.43 bits per heavy atom. The quantitative estimate of drug-likeness (QED) is 0.891. The molecule has 0 unspecified atom stereocenters. The first-order chi connectivity index (χ1) is 10.1. The molecule has 1 N–H and O–H groups in total. The van der Waals surface area contributed by atoms with Crippen LogP contribution in [0.25, 0.3) is 0 Å². The van der Waals surface area contributed by atoms with Crippen molar-refractivity contribution < 1.29 is 9.90 Å². The standard InChI is InChI=1S/C15H17BrN2O2S/c16-11-8-13(21-10-11)9-17-6-3-12(4-7-17)18-5-1-2-14(18)15(19)20/h1-2,5,8,10,12H,3-4,6-7,9H2,(H,19,20). The summed E-state index contributed by atoms with van der Waals surface area (Å²) < 4.78 is 3.07. The van der Waals surface area contributed by atoms with Gasteiger partial charge in [-0.2, -0.15) is 0 Å². The second-order valence-electron chi connectivity index (χ2n) is 5.34. The van der Waals surface area contributed by atoms with Crippen molar-refractivity contribution >= 4 is 33.2 Å². The molecule has 3 heterocycles. The first-order valence-corrected chi connectivity index (χ1v) is 8.66. The second-order valence-corrected chi connectivity index (χ2v) is 7.26. The molecule has 21 heavy (non-hydrogen) atoms. The molecule has 4 nitrogen and oxygen atoms in total. The maximum Gasteiger partial charge on any atom is 0.352 e. The van der Waals surface area contributed by atoms with E-state index in [2.05, 4.69) is 32.3 Å². The van der Waals surface area contributed by atoms with Gasteiger partial charge in [0.2, 0.25) is 0 Å². The van der Waals surface area contributed by atoms with Crippen molar-refractivity contribution in [2.24, 2.45) is 0 Å². The Bertz CT molecular complexity index is 629. The number of piperidine rings is 1. The van der Waals surface area contributed by atoms with Crippen molar-refractivity contribution in [3.63, 3.8) is 0 Å². The zero-order valence-electron chi connectivity index (χ0n) is 11.5. The molecule has 2 aromatic heterocycles. The van der Waals surface area contributed by atoms with E-state index in [-0.39, 0.29) is 0 Å². The summed E-state index contributed by atoms with van der Waals surface area (Å²) in [6.07, 6.45) is 3.89. The van der Waals surface area contributed by atoms with Crippen LogP contribution in [0.2, 0.25) is 0 Å². The molecule has 0 atom stereocenters. The highest BCUT2D eigenvalue weighted by Gasteiger charge is 2.23. The number of halogens is 1. The van der Waals surface area contributed by atoms with Gasteiger partial charge < -0.3 is 9.67 Å². The van der Waals surface area contributed by atoms with E-state index in [1.165, 1.54) is 4.88 Å². The van der Waals surface area contributed by atoms with Crippen molar-refractivity contribution in [3.8, 4) is 0 Å². The monoisotopic (exact) mass is 368 g/mol. The van der Waals surface area contributed by atoms with Crippen LogP contribution in [-0.2, 0) is 6.54 Å². The van der Waals surface area contributed by atoms with E-state index in [9.17, 15) is 9.90 Å². The molecule has 0 bridgehead atoms. The summed E-state index contributed by atoms with van der Waals surface area (Å²) in [5.74, 6) is -0.842. The van der Waals surface area contributed by atoms with Crippen LogP contribution in [0.5, 0.6) is 0 Å². The Hall–Kier alpha value is -1.11. The molecule has 1 saturated heterocycles. The Kier molecular flexibility index (Phi) is 4.47. The number of carbonyl (C=O) groups is 1. The smallest absolute Gasteiger partial charge is 0.352 e. The van der Waals surface area contributed by atoms with Crippen LogP contribution >= 0.6 is 27.3 Å². The van der Waals surface area contributed by atoms with Crippen LogP contribution in [0.1, 0.15) is 34.2 Å². The van der Waals surface area contributed by atoms with Crippen LogP contribution in [0, 0.1) is 0 Å². The molecule has 1 aliphatic heterocycles. The van der Waals surface area contributed by atoms with E-state index in [0.717, 1.165) is 36.9 Å². The topological polar surface area (TPSA) is 45.5 Å². The van der Waals surface area contributed by atoms with Gasteiger partial charge in [0.05, 0.1) is 0 Å². The summed E-state index contributed by atoms with van der Waals surface area (Å²) in [6, 6.07) is 5.97. The fourth-order valence-electron chi connectivity index (χ4n) is 2.91. The summed E-state index contributed by atoms with van der Waals surface area (Å²) in [5, 5.41) is 11.3. The SMILES string of the molecule is O=C(O)c1cccn1C1CCN(Cc2cc(Br)cs2)CC1. The number of likely N-dealkylation sites (tertiary alicyclic amines) is 1. The zero-order valence-corrected chi connectivity index (χ0v) is 13.9. The Morgan fingerprint density at radius 2 is 2.19 bits per heavy atom. The lowest BCUT2D eigenvalue weighted by Crippen LogP contribution is -2.34. The minimum atomic E-state index is -0.842. The predicted octanol–water partition coefficient (Wildman–Crippen LogP) is 3.85. The molecule has 112 valence electrons. The molecular weight excluding hydrogens is 352 g/mol. The van der Waals surface area contributed by atoms with Crippen molar-refractivity contribution in [1.29, 1.82) is 0 Å². The van der Waals surface area contributed by atoms with Crippen LogP contribution in [0.15, 0.2) is 34.2 Å². The van der Waals surface area contributed by atoms with E-state index in [4.69, 9.17) is 0 Å². The highest BCUT2D eigenvalue weighted by molar-refractivity contribution is 9.10. The number of rotatable bonds is 4. The van der Waals surface area contributed by atoms with Gasteiger partial charge in [-0.1, -0.05) is 0 Å². The highest BCUT2D eigenvalue weighted by Crippen LogP contribution is 2.27. The number of aromatic carboxylic acids is 1. The van der Waals surface area contributed by atoms with Gasteiger partial charge in [0.25, 0.3) is 0 Å². The molecule has 6 heteroatoms. The van der Waals surface area contributed by atoms with Gasteiger partial charge in [0.15, 0.2) is 0 Å². The Labute approximate surface area is 136 Å². The van der Waals surface area contributed by atoms with Crippen LogP contribution in [0.4, 0.5) is 0 Å². The van der Waals surface area contributed by atoms with Gasteiger partial charge in [-0.3, -0.25) is 4.90 Å². The largest absolute Gasteiger partial charge is 0.477 e. The van der Waals surface area contributed by atoms with Crippen molar-refractivity contribution in [3.05, 3.63) is 44.8 Å². The maximum atomic E-state index is 11.2. The van der Waals surface area contributed by atoms with E-state index in [1.807, 2.05) is 16.8 Å². The van der Waals surface area contributed by atoms with Gasteiger partial charge in [-0.15, -0.1) is 11.3 Å². The van der Waals surface area contributed by atoms with Crippen molar-refractivity contribution in [2.75, 3.05) is 13.1 Å². The van der Waals surface area contributed by atoms with Crippen LogP contribution < -0.4 is 0 Å². The highest BCUT2D eigenvalue weighted by atomic mass is 79.9. The normalized spacial score (nSPS) is 17.2. The Morgan fingerprint density at radius 3 is 2.81 bits per heavy atom. The summed E-state index contributed by atoms with van der Waals surface area (Å²) in [7, 11) is 0. The minimum absolute atomic E-state index is 0.303. The van der Waals surface area contributed by atoms with Gasteiger partial charge in [-0.05, 0) is 47.0 Å². The number of carboxylic acids is 1. The summed E-state index contributed by atoms with van der Waals surface area (Å²) in [6.45, 7) is 3.01. The van der Waals surface area contributed by atoms with Gasteiger partial charge in [0, 0.05) is 46.6 Å². The average molecular weight is 369 g/mol. The van der Waals surface area contributed by atoms with E-state index in [1.54, 1.807) is 17.4 Å². The Balaban J connectivity index is 1.60. The fraction of sp³-hybridized carbons (Fsp3) is 0.400. The molecule has 0 spiro atoms. The second kappa shape index (κ2) is 6.34. The lowest BCUT2D eigenvalue weighted by atomic mass is 10.0. The fourth-order valence-corrected chi connectivity index (χ4v) is 4.40. The van der Waals surface area contributed by atoms with E-state index in [0.29, 0.717) is 11.7 Å². The number of aromatic nitrogens is 1. The van der Waals surface area contributed by atoms with Crippen LogP contribution in [-0.4, -0.2) is 33.6 Å². The number of hydrogen-bond acceptors (Lipinski definition) is 3. The molecule has 1 aliphatic rings. The van der Waals surface area contributed by atoms with E-state index < -0.39 is 5.97 Å². The maximum absolute atomic E-state index is 11.2. The number of nitrogens with zero attached hydrogens (tertiary/aromatic N) is 2. The molecule has 0 radical (unpaired) electrons. The average Bonchev–Trinajstić information content (AvgIpc) is 3.09. The number of carboxylic acid groups (broad SMARTS) is 1. The third kappa shape index (κ3) is 3.39. The molecule has 0 saturated carbocycles. The lowest BCUT2D eigenvalue weighted by Gasteiger charge is -2.33. The number of thiophene rings is 1. The van der Waals surface area contributed by atoms with Gasteiger partial charge in [-0.25, -0.2) is 4.79 Å². The summed E-state index contributed by atoms with van der Waals surface area (Å²) in [5.41, 5.74) is 0.399. The summed E-state index contributed by atoms with van der Waals surface area (Å²) in [4.78, 5) is 15.0. The predicted molar refractivity (Wildman–Crippen MR) is 87.0 cm³/mol.